The van der Waals surface area contributed by atoms with Crippen molar-refractivity contribution in [1.82, 2.24) is 19.3 Å². The lowest BCUT2D eigenvalue weighted by Gasteiger charge is -2.22. The molecule has 0 amide bonds. The van der Waals surface area contributed by atoms with Crippen molar-refractivity contribution in [3.63, 3.8) is 0 Å². The van der Waals surface area contributed by atoms with Gasteiger partial charge in [0.05, 0.1) is 25.4 Å². The summed E-state index contributed by atoms with van der Waals surface area (Å²) in [6.07, 6.45) is 2.04. The summed E-state index contributed by atoms with van der Waals surface area (Å²) in [5.41, 5.74) is 6.35. The minimum atomic E-state index is -3.78. The molecule has 0 aliphatic rings. The van der Waals surface area contributed by atoms with Crippen LogP contribution in [0.4, 0.5) is 5.82 Å². The van der Waals surface area contributed by atoms with Crippen LogP contribution in [0.1, 0.15) is 13.8 Å². The Morgan fingerprint density at radius 1 is 1.12 bits per heavy atom. The number of nitrogens with two attached hydrogens (primary N) is 1. The second-order valence-corrected chi connectivity index (χ2v) is 7.06. The maximum absolute atomic E-state index is 13.3. The van der Waals surface area contributed by atoms with E-state index >= 15 is 0 Å². The number of ether oxygens (including phenoxy) is 2. The number of fused-ring (bicyclic) bond motifs is 1. The van der Waals surface area contributed by atoms with Gasteiger partial charge in [-0.3, -0.25) is 9.05 Å². The maximum atomic E-state index is 13.3. The number of methoxy groups -OCH3 is 2. The normalized spacial score (nSPS) is 14.8. The van der Waals surface area contributed by atoms with Crippen LogP contribution in [0.2, 0.25) is 0 Å². The fourth-order valence-corrected chi connectivity index (χ4v) is 3.39. The van der Waals surface area contributed by atoms with Crippen LogP contribution < -0.4 is 5.73 Å². The predicted octanol–water partition coefficient (Wildman–Crippen LogP) is 1.47. The summed E-state index contributed by atoms with van der Waals surface area (Å²) < 4.78 is 35.9. The number of hydrogen-bond donors (Lipinski definition) is 1. The average Bonchev–Trinajstić information content (AvgIpc) is 3.03. The monoisotopic (exact) mass is 359 g/mol. The Balaban J connectivity index is 2.36. The highest BCUT2D eigenvalue weighted by Gasteiger charge is 2.32. The summed E-state index contributed by atoms with van der Waals surface area (Å²) in [5, 5.41) is 0. The number of nitrogens with zero attached hydrogens (tertiary/aromatic N) is 4. The number of aromatic nitrogens is 4. The standard InChI is InChI=1S/C13H22N5O5P/c1-9(20-3)5-22-24(19,23-6-10(2)21-4)18-8-17-11-12(14)15-7-16-13(11)18/h7-10H,5-6H2,1-4H3,(H2,14,15,16)/t9-,10-/m1/s1. The van der Waals surface area contributed by atoms with E-state index < -0.39 is 7.75 Å². The van der Waals surface area contributed by atoms with Crippen LogP contribution in [0.3, 0.4) is 0 Å². The Morgan fingerprint density at radius 2 is 1.71 bits per heavy atom. The highest BCUT2D eigenvalue weighted by atomic mass is 31.2. The van der Waals surface area contributed by atoms with Crippen LogP contribution in [0.15, 0.2) is 12.7 Å². The molecule has 0 saturated carbocycles. The molecule has 0 radical (unpaired) electrons. The second kappa shape index (κ2) is 8.00. The second-order valence-electron chi connectivity index (χ2n) is 5.17. The molecule has 2 aromatic rings. The van der Waals surface area contributed by atoms with Gasteiger partial charge in [0, 0.05) is 14.2 Å². The van der Waals surface area contributed by atoms with Gasteiger partial charge in [0.1, 0.15) is 12.7 Å². The Kier molecular flexibility index (Phi) is 6.25. The van der Waals surface area contributed by atoms with Crippen LogP contribution >= 0.6 is 7.75 Å². The third-order valence-corrected chi connectivity index (χ3v) is 5.13. The number of nitrogen functional groups attached to an aromatic ring is 1. The zero-order chi connectivity index (χ0) is 17.7. The van der Waals surface area contributed by atoms with E-state index in [2.05, 4.69) is 15.0 Å². The summed E-state index contributed by atoms with van der Waals surface area (Å²) in [6.45, 7) is 3.70. The van der Waals surface area contributed by atoms with Crippen molar-refractivity contribution < 1.29 is 23.1 Å². The largest absolute Gasteiger partial charge is 0.442 e. The van der Waals surface area contributed by atoms with E-state index in [-0.39, 0.29) is 36.9 Å². The molecule has 0 saturated heterocycles. The first-order valence-electron chi connectivity index (χ1n) is 7.30. The fraction of sp³-hybridized carbons (Fsp3) is 0.615. The van der Waals surface area contributed by atoms with Crippen molar-refractivity contribution in [2.45, 2.75) is 26.1 Å². The number of hydrogen-bond acceptors (Lipinski definition) is 9. The van der Waals surface area contributed by atoms with E-state index in [0.717, 1.165) is 0 Å². The van der Waals surface area contributed by atoms with E-state index in [1.165, 1.54) is 31.2 Å². The van der Waals surface area contributed by atoms with Gasteiger partial charge < -0.3 is 15.2 Å². The molecule has 0 aromatic carbocycles. The molecule has 2 heterocycles. The average molecular weight is 359 g/mol. The zero-order valence-corrected chi connectivity index (χ0v) is 15.0. The summed E-state index contributed by atoms with van der Waals surface area (Å²) in [6, 6.07) is 0. The first-order chi connectivity index (χ1) is 11.4. The first-order valence-corrected chi connectivity index (χ1v) is 8.80. The summed E-state index contributed by atoms with van der Waals surface area (Å²) in [5.74, 6) is 0.181. The third kappa shape index (κ3) is 4.08. The van der Waals surface area contributed by atoms with Crippen molar-refractivity contribution in [3.8, 4) is 0 Å². The molecular weight excluding hydrogens is 337 g/mol. The molecule has 24 heavy (non-hydrogen) atoms. The molecule has 2 aromatic heterocycles. The highest BCUT2D eigenvalue weighted by molar-refractivity contribution is 7.52. The summed E-state index contributed by atoms with van der Waals surface area (Å²) in [4.78, 5) is 12.0. The van der Waals surface area contributed by atoms with Crippen LogP contribution in [0, 0.1) is 0 Å². The molecule has 2 rings (SSSR count). The summed E-state index contributed by atoms with van der Waals surface area (Å²) >= 11 is 0. The first kappa shape index (κ1) is 18.8. The number of imidazole rings is 1. The van der Waals surface area contributed by atoms with E-state index in [0.29, 0.717) is 5.52 Å². The minimum absolute atomic E-state index is 0.0649. The van der Waals surface area contributed by atoms with Gasteiger partial charge in [-0.2, -0.15) is 0 Å². The van der Waals surface area contributed by atoms with Crippen LogP contribution in [0.5, 0.6) is 0 Å². The lowest BCUT2D eigenvalue weighted by Crippen LogP contribution is -2.19. The van der Waals surface area contributed by atoms with Crippen LogP contribution in [0.25, 0.3) is 11.2 Å². The molecule has 0 aliphatic carbocycles. The van der Waals surface area contributed by atoms with E-state index in [1.807, 2.05) is 0 Å². The van der Waals surface area contributed by atoms with Gasteiger partial charge in [-0.1, -0.05) is 0 Å². The molecule has 0 bridgehead atoms. The third-order valence-electron chi connectivity index (χ3n) is 3.36. The quantitative estimate of drug-likeness (QED) is 0.663. The van der Waals surface area contributed by atoms with Gasteiger partial charge in [-0.25, -0.2) is 23.9 Å². The van der Waals surface area contributed by atoms with Gasteiger partial charge in [0.25, 0.3) is 0 Å². The van der Waals surface area contributed by atoms with Crippen molar-refractivity contribution >= 4 is 24.7 Å². The van der Waals surface area contributed by atoms with Crippen molar-refractivity contribution in [2.75, 3.05) is 33.2 Å². The van der Waals surface area contributed by atoms with Gasteiger partial charge >= 0.3 is 7.75 Å². The lowest BCUT2D eigenvalue weighted by molar-refractivity contribution is 0.0420. The molecule has 134 valence electrons. The fourth-order valence-electron chi connectivity index (χ4n) is 1.72. The van der Waals surface area contributed by atoms with Crippen LogP contribution in [-0.4, -0.2) is 58.9 Å². The maximum Gasteiger partial charge on any atom is 0.442 e. The van der Waals surface area contributed by atoms with Gasteiger partial charge in [-0.05, 0) is 13.8 Å². The number of rotatable bonds is 9. The Hall–Kier alpha value is -1.58. The highest BCUT2D eigenvalue weighted by Crippen LogP contribution is 2.51. The Labute approximate surface area is 139 Å². The SMILES string of the molecule is CO[C@H](C)COP(=O)(OC[C@@H](C)OC)n1cnc2c(N)ncnc21. The molecule has 0 fully saturated rings. The Morgan fingerprint density at radius 3 is 2.25 bits per heavy atom. The molecule has 0 aliphatic heterocycles. The van der Waals surface area contributed by atoms with Gasteiger partial charge in [-0.15, -0.1) is 0 Å². The van der Waals surface area contributed by atoms with Crippen LogP contribution in [-0.2, 0) is 23.1 Å². The van der Waals surface area contributed by atoms with E-state index in [1.54, 1.807) is 13.8 Å². The van der Waals surface area contributed by atoms with Gasteiger partial charge in [0.2, 0.25) is 0 Å². The van der Waals surface area contributed by atoms with Gasteiger partial charge in [0.15, 0.2) is 17.0 Å². The summed E-state index contributed by atoms with van der Waals surface area (Å²) in [7, 11) is -0.705. The molecule has 10 nitrogen and oxygen atoms in total. The molecule has 0 spiro atoms. The lowest BCUT2D eigenvalue weighted by atomic mass is 10.4. The van der Waals surface area contributed by atoms with E-state index in [4.69, 9.17) is 24.3 Å². The number of anilines is 1. The zero-order valence-electron chi connectivity index (χ0n) is 14.1. The Bertz CT molecular complexity index is 706. The van der Waals surface area contributed by atoms with Crippen molar-refractivity contribution in [3.05, 3.63) is 12.7 Å². The molecule has 2 atom stereocenters. The topological polar surface area (TPSA) is 124 Å². The van der Waals surface area contributed by atoms with Crippen molar-refractivity contribution in [2.24, 2.45) is 0 Å². The minimum Gasteiger partial charge on any atom is -0.382 e. The molecule has 0 unspecified atom stereocenters. The molecule has 11 heteroatoms. The van der Waals surface area contributed by atoms with Crippen molar-refractivity contribution in [1.29, 1.82) is 0 Å². The molecular formula is C13H22N5O5P. The smallest absolute Gasteiger partial charge is 0.382 e. The molecule has 2 N–H and O–H groups in total. The predicted molar refractivity (Wildman–Crippen MR) is 87.6 cm³/mol. The van der Waals surface area contributed by atoms with E-state index in [9.17, 15) is 4.57 Å².